The third kappa shape index (κ3) is 3.79. The highest BCUT2D eigenvalue weighted by Gasteiger charge is 2.18. The molecule has 0 bridgehead atoms. The minimum Gasteiger partial charge on any atom is -0.328 e. The monoisotopic (exact) mass is 476 g/mol. The van der Waals surface area contributed by atoms with Crippen LogP contribution in [0.2, 0.25) is 0 Å². The number of anilines is 1. The molecule has 7 nitrogen and oxygen atoms in total. The predicted molar refractivity (Wildman–Crippen MR) is 122 cm³/mol. The maximum Gasteiger partial charge on any atom is 0.278 e. The quantitative estimate of drug-likeness (QED) is 0.459. The van der Waals surface area contributed by atoms with Crippen molar-refractivity contribution >= 4 is 27.5 Å². The van der Waals surface area contributed by atoms with Crippen LogP contribution >= 0.6 is 15.9 Å². The zero-order chi connectivity index (χ0) is 21.4. The number of nitrogens with one attached hydrogen (secondary N) is 1. The summed E-state index contributed by atoms with van der Waals surface area (Å²) in [4.78, 5) is 17.4. The van der Waals surface area contributed by atoms with Gasteiger partial charge in [0.2, 0.25) is 0 Å². The van der Waals surface area contributed by atoms with Crippen LogP contribution in [0.25, 0.3) is 17.1 Å². The fourth-order valence-electron chi connectivity index (χ4n) is 3.95. The first kappa shape index (κ1) is 19.7. The second-order valence-corrected chi connectivity index (χ2v) is 8.54. The summed E-state index contributed by atoms with van der Waals surface area (Å²) in [6.45, 7) is 2.84. The van der Waals surface area contributed by atoms with Gasteiger partial charge in [0.25, 0.3) is 5.91 Å². The van der Waals surface area contributed by atoms with Gasteiger partial charge in [-0.15, -0.1) is 5.10 Å². The van der Waals surface area contributed by atoms with Crippen LogP contribution in [0.1, 0.15) is 34.7 Å². The van der Waals surface area contributed by atoms with Crippen molar-refractivity contribution in [3.05, 3.63) is 76.3 Å². The maximum atomic E-state index is 12.8. The smallest absolute Gasteiger partial charge is 0.278 e. The van der Waals surface area contributed by atoms with E-state index in [0.29, 0.717) is 17.1 Å². The molecule has 156 valence electrons. The first-order valence-electron chi connectivity index (χ1n) is 10.2. The lowest BCUT2D eigenvalue weighted by Crippen LogP contribution is -2.14. The Morgan fingerprint density at radius 1 is 1.13 bits per heavy atom. The van der Waals surface area contributed by atoms with Crippen LogP contribution in [-0.4, -0.2) is 30.5 Å². The normalized spacial score (nSPS) is 13.1. The molecule has 1 aliphatic heterocycles. The zero-order valence-corrected chi connectivity index (χ0v) is 18.6. The van der Waals surface area contributed by atoms with Crippen LogP contribution in [0, 0.1) is 6.92 Å². The van der Waals surface area contributed by atoms with E-state index in [1.54, 1.807) is 4.68 Å². The van der Waals surface area contributed by atoms with Crippen molar-refractivity contribution in [1.29, 1.82) is 0 Å². The number of carbonyl (C=O) groups excluding carboxylic acids is 1. The Labute approximate surface area is 188 Å². The molecule has 3 heterocycles. The molecule has 5 rings (SSSR count). The van der Waals surface area contributed by atoms with Gasteiger partial charge in [-0.05, 0) is 68.7 Å². The van der Waals surface area contributed by atoms with Gasteiger partial charge >= 0.3 is 0 Å². The van der Waals surface area contributed by atoms with Gasteiger partial charge in [0.15, 0.2) is 5.69 Å². The van der Waals surface area contributed by atoms with Crippen molar-refractivity contribution in [2.24, 2.45) is 0 Å². The molecule has 0 fully saturated rings. The molecule has 2 aromatic carbocycles. The average molecular weight is 477 g/mol. The number of hydrogen-bond acceptors (Lipinski definition) is 4. The molecule has 0 radical (unpaired) electrons. The Hall–Kier alpha value is -3.26. The Balaban J connectivity index is 1.34. The largest absolute Gasteiger partial charge is 0.328 e. The van der Waals surface area contributed by atoms with Gasteiger partial charge in [-0.3, -0.25) is 4.79 Å². The lowest BCUT2D eigenvalue weighted by molar-refractivity contribution is 0.102. The number of imidazole rings is 1. The molecule has 8 heteroatoms. The van der Waals surface area contributed by atoms with Gasteiger partial charge in [0.05, 0.1) is 11.4 Å². The third-order valence-corrected chi connectivity index (χ3v) is 6.06. The average Bonchev–Trinajstić information content (AvgIpc) is 3.38. The Kier molecular flexibility index (Phi) is 5.15. The Bertz CT molecular complexity index is 1260. The van der Waals surface area contributed by atoms with E-state index in [-0.39, 0.29) is 5.91 Å². The zero-order valence-electron chi connectivity index (χ0n) is 17.0. The molecular formula is C23H21BrN6O. The highest BCUT2D eigenvalue weighted by molar-refractivity contribution is 9.10. The van der Waals surface area contributed by atoms with Crippen LogP contribution in [0.5, 0.6) is 0 Å². The third-order valence-electron chi connectivity index (χ3n) is 5.57. The fourth-order valence-corrected chi connectivity index (χ4v) is 4.34. The van der Waals surface area contributed by atoms with Crippen molar-refractivity contribution in [1.82, 2.24) is 24.5 Å². The number of halogens is 1. The summed E-state index contributed by atoms with van der Waals surface area (Å²) in [6.07, 6.45) is 5.47. The fraction of sp³-hybridized carbons (Fsp3) is 0.217. The van der Waals surface area contributed by atoms with Crippen LogP contribution in [0.3, 0.4) is 0 Å². The number of aromatic nitrogens is 5. The standard InChI is InChI=1S/C23H21BrN6O/c1-15-21(27-28-30(15)19-7-4-5-17(24)13-19)23(31)26-18-10-8-16(9-11-18)22-25-14-20-6-2-3-12-29(20)22/h4-5,7-11,13-14H,2-3,6,12H2,1H3,(H,26,31). The number of rotatable bonds is 4. The second kappa shape index (κ2) is 8.11. The van der Waals surface area contributed by atoms with E-state index < -0.39 is 0 Å². The number of aryl methyl sites for hydroxylation is 1. The van der Waals surface area contributed by atoms with Crippen molar-refractivity contribution in [3.8, 4) is 17.1 Å². The van der Waals surface area contributed by atoms with Crippen LogP contribution in [-0.2, 0) is 13.0 Å². The molecule has 1 aliphatic rings. The Morgan fingerprint density at radius 2 is 1.97 bits per heavy atom. The molecule has 0 saturated carbocycles. The Morgan fingerprint density at radius 3 is 2.77 bits per heavy atom. The number of fused-ring (bicyclic) bond motifs is 1. The molecule has 0 aliphatic carbocycles. The van der Waals surface area contributed by atoms with Crippen molar-refractivity contribution in [2.75, 3.05) is 5.32 Å². The maximum absolute atomic E-state index is 12.8. The minimum atomic E-state index is -0.287. The van der Waals surface area contributed by atoms with E-state index in [1.165, 1.54) is 18.5 Å². The number of nitrogens with zero attached hydrogens (tertiary/aromatic N) is 5. The van der Waals surface area contributed by atoms with Gasteiger partial charge in [0, 0.05) is 34.2 Å². The predicted octanol–water partition coefficient (Wildman–Crippen LogP) is 4.79. The van der Waals surface area contributed by atoms with E-state index >= 15 is 0 Å². The van der Waals surface area contributed by atoms with Gasteiger partial charge in [-0.2, -0.15) is 0 Å². The van der Waals surface area contributed by atoms with Crippen LogP contribution in [0.4, 0.5) is 5.69 Å². The summed E-state index contributed by atoms with van der Waals surface area (Å²) in [5.41, 5.74) is 4.86. The van der Waals surface area contributed by atoms with E-state index in [4.69, 9.17) is 0 Å². The van der Waals surface area contributed by atoms with Gasteiger partial charge in [-0.25, -0.2) is 9.67 Å². The molecule has 31 heavy (non-hydrogen) atoms. The summed E-state index contributed by atoms with van der Waals surface area (Å²) in [6, 6.07) is 15.5. The lowest BCUT2D eigenvalue weighted by atomic mass is 10.1. The number of amides is 1. The van der Waals surface area contributed by atoms with Gasteiger partial charge in [-0.1, -0.05) is 27.2 Å². The number of hydrogen-bond donors (Lipinski definition) is 1. The molecule has 1 N–H and O–H groups in total. The van der Waals surface area contributed by atoms with E-state index in [1.807, 2.05) is 61.7 Å². The topological polar surface area (TPSA) is 77.6 Å². The summed E-state index contributed by atoms with van der Waals surface area (Å²) >= 11 is 3.46. The number of carbonyl (C=O) groups is 1. The van der Waals surface area contributed by atoms with Gasteiger partial charge < -0.3 is 9.88 Å². The molecule has 2 aromatic heterocycles. The van der Waals surface area contributed by atoms with E-state index in [2.05, 4.69) is 41.1 Å². The molecule has 4 aromatic rings. The minimum absolute atomic E-state index is 0.287. The van der Waals surface area contributed by atoms with Crippen LogP contribution in [0.15, 0.2) is 59.2 Å². The van der Waals surface area contributed by atoms with E-state index in [9.17, 15) is 4.79 Å². The molecule has 1 amide bonds. The first-order valence-corrected chi connectivity index (χ1v) is 11.0. The van der Waals surface area contributed by atoms with Crippen molar-refractivity contribution in [2.45, 2.75) is 32.7 Å². The summed E-state index contributed by atoms with van der Waals surface area (Å²) < 4.78 is 4.88. The molecule has 0 spiro atoms. The molecule has 0 saturated heterocycles. The van der Waals surface area contributed by atoms with E-state index in [0.717, 1.165) is 34.5 Å². The summed E-state index contributed by atoms with van der Waals surface area (Å²) in [5.74, 6) is 0.699. The number of benzene rings is 2. The lowest BCUT2D eigenvalue weighted by Gasteiger charge is -2.16. The van der Waals surface area contributed by atoms with Crippen molar-refractivity contribution in [3.63, 3.8) is 0 Å². The molecule has 0 unspecified atom stereocenters. The highest BCUT2D eigenvalue weighted by atomic mass is 79.9. The van der Waals surface area contributed by atoms with Gasteiger partial charge in [0.1, 0.15) is 5.82 Å². The SMILES string of the molecule is Cc1c(C(=O)Nc2ccc(-c3ncc4n3CCCC4)cc2)nnn1-c1cccc(Br)c1. The summed E-state index contributed by atoms with van der Waals surface area (Å²) in [7, 11) is 0. The highest BCUT2D eigenvalue weighted by Crippen LogP contribution is 2.26. The molecular weight excluding hydrogens is 456 g/mol. The summed E-state index contributed by atoms with van der Waals surface area (Å²) in [5, 5.41) is 11.2. The molecule has 0 atom stereocenters. The second-order valence-electron chi connectivity index (χ2n) is 7.63. The van der Waals surface area contributed by atoms with Crippen molar-refractivity contribution < 1.29 is 4.79 Å². The van der Waals surface area contributed by atoms with Crippen LogP contribution < -0.4 is 5.32 Å². The first-order chi connectivity index (χ1) is 15.1.